The molecule has 0 saturated carbocycles. The van der Waals surface area contributed by atoms with Crippen molar-refractivity contribution in [2.24, 2.45) is 0 Å². The zero-order chi connectivity index (χ0) is 12.8. The fraction of sp³-hybridized carbons (Fsp3) is 0.462. The first-order valence-electron chi connectivity index (χ1n) is 5.72. The van der Waals surface area contributed by atoms with Crippen LogP contribution in [0.5, 0.6) is 0 Å². The largest absolute Gasteiger partial charge is 0.478 e. The summed E-state index contributed by atoms with van der Waals surface area (Å²) in [6.45, 7) is 7.21. The number of ether oxygens (including phenoxy) is 1. The van der Waals surface area contributed by atoms with Gasteiger partial charge >= 0.3 is 5.97 Å². The number of aromatic carboxylic acids is 1. The number of carboxylic acids is 1. The summed E-state index contributed by atoms with van der Waals surface area (Å²) < 4.78 is 5.31. The van der Waals surface area contributed by atoms with Gasteiger partial charge in [0.25, 0.3) is 0 Å². The van der Waals surface area contributed by atoms with Gasteiger partial charge in [-0.2, -0.15) is 0 Å². The van der Waals surface area contributed by atoms with Crippen LogP contribution in [-0.2, 0) is 4.74 Å². The summed E-state index contributed by atoms with van der Waals surface area (Å²) in [6, 6.07) is 5.26. The standard InChI is InChI=1S/C13H19NO3/c1-4-17-8-10(3)14-12-6-5-11(13(15)16)7-9(12)2/h5-7,10,14H,4,8H2,1-3H3,(H,15,16). The van der Waals surface area contributed by atoms with E-state index in [4.69, 9.17) is 9.84 Å². The second-order valence-corrected chi connectivity index (χ2v) is 4.04. The van der Waals surface area contributed by atoms with Crippen LogP contribution in [0.15, 0.2) is 18.2 Å². The van der Waals surface area contributed by atoms with Gasteiger partial charge in [0.05, 0.1) is 12.2 Å². The fourth-order valence-corrected chi connectivity index (χ4v) is 1.56. The van der Waals surface area contributed by atoms with Crippen LogP contribution in [0.2, 0.25) is 0 Å². The van der Waals surface area contributed by atoms with Crippen LogP contribution >= 0.6 is 0 Å². The topological polar surface area (TPSA) is 58.6 Å². The van der Waals surface area contributed by atoms with E-state index in [1.807, 2.05) is 20.8 Å². The molecule has 0 heterocycles. The quantitative estimate of drug-likeness (QED) is 0.798. The van der Waals surface area contributed by atoms with Crippen molar-refractivity contribution in [2.75, 3.05) is 18.5 Å². The molecule has 1 atom stereocenters. The smallest absolute Gasteiger partial charge is 0.335 e. The summed E-state index contributed by atoms with van der Waals surface area (Å²) in [5, 5.41) is 12.2. The van der Waals surface area contributed by atoms with Gasteiger partial charge in [-0.05, 0) is 44.5 Å². The highest BCUT2D eigenvalue weighted by atomic mass is 16.5. The summed E-state index contributed by atoms with van der Waals surface area (Å²) in [5.41, 5.74) is 2.18. The van der Waals surface area contributed by atoms with Gasteiger partial charge in [-0.15, -0.1) is 0 Å². The average molecular weight is 237 g/mol. The molecule has 4 heteroatoms. The molecular formula is C13H19NO3. The summed E-state index contributed by atoms with van der Waals surface area (Å²) in [6.07, 6.45) is 0. The maximum absolute atomic E-state index is 10.8. The monoisotopic (exact) mass is 237 g/mol. The van der Waals surface area contributed by atoms with Gasteiger partial charge in [0.15, 0.2) is 0 Å². The van der Waals surface area contributed by atoms with E-state index in [-0.39, 0.29) is 6.04 Å². The number of rotatable bonds is 6. The van der Waals surface area contributed by atoms with E-state index in [2.05, 4.69) is 5.32 Å². The van der Waals surface area contributed by atoms with Gasteiger partial charge in [-0.3, -0.25) is 0 Å². The van der Waals surface area contributed by atoms with Gasteiger partial charge in [-0.25, -0.2) is 4.79 Å². The number of carboxylic acid groups (broad SMARTS) is 1. The van der Waals surface area contributed by atoms with Gasteiger partial charge in [0, 0.05) is 18.3 Å². The van der Waals surface area contributed by atoms with Crippen molar-refractivity contribution in [1.82, 2.24) is 0 Å². The molecule has 0 radical (unpaired) electrons. The van der Waals surface area contributed by atoms with Crippen molar-refractivity contribution < 1.29 is 14.6 Å². The Hall–Kier alpha value is -1.55. The van der Waals surface area contributed by atoms with E-state index in [1.165, 1.54) is 0 Å². The second-order valence-electron chi connectivity index (χ2n) is 4.04. The number of benzene rings is 1. The minimum absolute atomic E-state index is 0.198. The molecule has 2 N–H and O–H groups in total. The lowest BCUT2D eigenvalue weighted by Gasteiger charge is -2.17. The van der Waals surface area contributed by atoms with E-state index in [0.717, 1.165) is 11.3 Å². The maximum atomic E-state index is 10.8. The SMILES string of the molecule is CCOCC(C)Nc1ccc(C(=O)O)cc1C. The van der Waals surface area contributed by atoms with Crippen LogP contribution in [0.4, 0.5) is 5.69 Å². The molecule has 1 rings (SSSR count). The molecule has 1 aromatic rings. The Morgan fingerprint density at radius 1 is 1.53 bits per heavy atom. The van der Waals surface area contributed by atoms with Crippen LogP contribution in [0.25, 0.3) is 0 Å². The number of hydrogen-bond acceptors (Lipinski definition) is 3. The van der Waals surface area contributed by atoms with Crippen molar-refractivity contribution in [2.45, 2.75) is 26.8 Å². The fourth-order valence-electron chi connectivity index (χ4n) is 1.56. The van der Waals surface area contributed by atoms with Crippen LogP contribution in [-0.4, -0.2) is 30.3 Å². The van der Waals surface area contributed by atoms with Gasteiger partial charge in [0.2, 0.25) is 0 Å². The van der Waals surface area contributed by atoms with E-state index < -0.39 is 5.97 Å². The third kappa shape index (κ3) is 4.07. The molecule has 4 nitrogen and oxygen atoms in total. The lowest BCUT2D eigenvalue weighted by molar-refractivity contribution is 0.0697. The van der Waals surface area contributed by atoms with Crippen LogP contribution in [0.1, 0.15) is 29.8 Å². The number of hydrogen-bond donors (Lipinski definition) is 2. The number of anilines is 1. The van der Waals surface area contributed by atoms with E-state index in [1.54, 1.807) is 18.2 Å². The number of aryl methyl sites for hydroxylation is 1. The zero-order valence-electron chi connectivity index (χ0n) is 10.5. The summed E-state index contributed by atoms with van der Waals surface area (Å²) >= 11 is 0. The molecule has 0 aliphatic heterocycles. The molecule has 17 heavy (non-hydrogen) atoms. The van der Waals surface area contributed by atoms with Crippen molar-refractivity contribution >= 4 is 11.7 Å². The first-order chi connectivity index (χ1) is 8.04. The molecule has 0 amide bonds. The molecule has 0 fully saturated rings. The maximum Gasteiger partial charge on any atom is 0.335 e. The van der Waals surface area contributed by atoms with Crippen LogP contribution < -0.4 is 5.32 Å². The van der Waals surface area contributed by atoms with Crippen molar-refractivity contribution in [3.05, 3.63) is 29.3 Å². The number of carbonyl (C=O) groups is 1. The second kappa shape index (κ2) is 6.25. The van der Waals surface area contributed by atoms with Crippen LogP contribution in [0.3, 0.4) is 0 Å². The molecule has 0 saturated heterocycles. The molecule has 0 spiro atoms. The van der Waals surface area contributed by atoms with E-state index in [0.29, 0.717) is 18.8 Å². The molecule has 0 aliphatic rings. The predicted octanol–water partition coefficient (Wildman–Crippen LogP) is 2.53. The van der Waals surface area contributed by atoms with Crippen LogP contribution in [0, 0.1) is 6.92 Å². The third-order valence-corrected chi connectivity index (χ3v) is 2.45. The van der Waals surface area contributed by atoms with E-state index in [9.17, 15) is 4.79 Å². The lowest BCUT2D eigenvalue weighted by atomic mass is 10.1. The Bertz CT molecular complexity index is 390. The van der Waals surface area contributed by atoms with Crippen molar-refractivity contribution in [1.29, 1.82) is 0 Å². The Morgan fingerprint density at radius 3 is 2.76 bits per heavy atom. The Morgan fingerprint density at radius 2 is 2.24 bits per heavy atom. The molecule has 94 valence electrons. The first kappa shape index (κ1) is 13.5. The highest BCUT2D eigenvalue weighted by Gasteiger charge is 2.07. The van der Waals surface area contributed by atoms with Gasteiger partial charge < -0.3 is 15.2 Å². The summed E-state index contributed by atoms with van der Waals surface area (Å²) in [4.78, 5) is 10.8. The normalized spacial score (nSPS) is 12.2. The molecule has 0 aliphatic carbocycles. The van der Waals surface area contributed by atoms with Crippen molar-refractivity contribution in [3.63, 3.8) is 0 Å². The predicted molar refractivity (Wildman–Crippen MR) is 67.7 cm³/mol. The Balaban J connectivity index is 2.69. The highest BCUT2D eigenvalue weighted by Crippen LogP contribution is 2.17. The molecule has 1 unspecified atom stereocenters. The summed E-state index contributed by atoms with van der Waals surface area (Å²) in [5.74, 6) is -0.901. The average Bonchev–Trinajstić information content (AvgIpc) is 2.28. The Labute approximate surface area is 102 Å². The minimum Gasteiger partial charge on any atom is -0.478 e. The lowest BCUT2D eigenvalue weighted by Crippen LogP contribution is -2.22. The molecule has 0 aromatic heterocycles. The van der Waals surface area contributed by atoms with Crippen molar-refractivity contribution in [3.8, 4) is 0 Å². The number of nitrogens with one attached hydrogen (secondary N) is 1. The summed E-state index contributed by atoms with van der Waals surface area (Å²) in [7, 11) is 0. The molecular weight excluding hydrogens is 218 g/mol. The highest BCUT2D eigenvalue weighted by molar-refractivity contribution is 5.88. The molecule has 1 aromatic carbocycles. The Kier molecular flexibility index (Phi) is 4.97. The van der Waals surface area contributed by atoms with Gasteiger partial charge in [-0.1, -0.05) is 0 Å². The minimum atomic E-state index is -0.901. The first-order valence-corrected chi connectivity index (χ1v) is 5.72. The molecule has 0 bridgehead atoms. The zero-order valence-corrected chi connectivity index (χ0v) is 10.5. The van der Waals surface area contributed by atoms with Gasteiger partial charge in [0.1, 0.15) is 0 Å². The third-order valence-electron chi connectivity index (χ3n) is 2.45. The van der Waals surface area contributed by atoms with E-state index >= 15 is 0 Å².